The molecule has 0 radical (unpaired) electrons. The molecule has 0 aliphatic carbocycles. The predicted octanol–water partition coefficient (Wildman–Crippen LogP) is 3.73. The van der Waals surface area contributed by atoms with Gasteiger partial charge in [0.2, 0.25) is 0 Å². The van der Waals surface area contributed by atoms with Crippen molar-refractivity contribution in [2.45, 2.75) is 0 Å². The summed E-state index contributed by atoms with van der Waals surface area (Å²) in [5.74, 6) is 0.160. The zero-order valence-corrected chi connectivity index (χ0v) is 12.2. The van der Waals surface area contributed by atoms with Gasteiger partial charge >= 0.3 is 0 Å². The Bertz CT molecular complexity index is 593. The maximum atomic E-state index is 11.5. The van der Waals surface area contributed by atoms with Crippen molar-refractivity contribution in [2.75, 3.05) is 0 Å². The Morgan fingerprint density at radius 3 is 1.90 bits per heavy atom. The molecule has 3 aromatic rings. The predicted molar refractivity (Wildman–Crippen MR) is 77.1 cm³/mol. The zero-order chi connectivity index (χ0) is 14.2. The molecule has 4 heteroatoms. The number of hydrogen-bond acceptors (Lipinski definition) is 3. The molecule has 0 saturated heterocycles. The van der Waals surface area contributed by atoms with E-state index in [1.165, 1.54) is 24.3 Å². The van der Waals surface area contributed by atoms with E-state index < -0.39 is 5.97 Å². The molecule has 114 valence electrons. The molecule has 0 aliphatic heterocycles. The molecule has 3 aromatic carbocycles. The Hall–Kier alpha value is -2.29. The van der Waals surface area contributed by atoms with Crippen molar-refractivity contribution in [3.8, 4) is 11.5 Å². The molecule has 3 rings (SSSR count). The number of ether oxygens (including phenoxy) is 1. The van der Waals surface area contributed by atoms with Crippen LogP contribution in [0.3, 0.4) is 0 Å². The van der Waals surface area contributed by atoms with Crippen LogP contribution in [0.1, 0.15) is 10.4 Å². The summed E-state index contributed by atoms with van der Waals surface area (Å²) in [4.78, 5) is 11.5. The summed E-state index contributed by atoms with van der Waals surface area (Å²) in [5, 5.41) is 9.03. The van der Waals surface area contributed by atoms with Crippen LogP contribution in [0.5, 0.6) is 11.5 Å². The summed E-state index contributed by atoms with van der Waals surface area (Å²) in [5.41, 5.74) is 0.517. The molecular formula is C17H14FeO3-6. The number of benzene rings is 1. The first kappa shape index (κ1) is 16.8. The van der Waals surface area contributed by atoms with E-state index in [0.29, 0.717) is 11.3 Å². The summed E-state index contributed by atoms with van der Waals surface area (Å²) in [6.07, 6.45) is 0. The third-order valence-corrected chi connectivity index (χ3v) is 2.50. The van der Waals surface area contributed by atoms with Crippen LogP contribution in [0, 0.1) is 0 Å². The summed E-state index contributed by atoms with van der Waals surface area (Å²) in [6.45, 7) is 0. The average Bonchev–Trinajstić information content (AvgIpc) is 3.17. The van der Waals surface area contributed by atoms with E-state index in [-0.39, 0.29) is 22.8 Å². The van der Waals surface area contributed by atoms with E-state index in [9.17, 15) is 4.79 Å². The van der Waals surface area contributed by atoms with E-state index in [4.69, 9.17) is 9.84 Å². The molecule has 0 heterocycles. The number of esters is 1. The first-order valence-corrected chi connectivity index (χ1v) is 6.15. The molecule has 0 bridgehead atoms. The zero-order valence-electron chi connectivity index (χ0n) is 11.1. The van der Waals surface area contributed by atoms with Crippen LogP contribution in [0.25, 0.3) is 0 Å². The Balaban J connectivity index is 0.000000313. The summed E-state index contributed by atoms with van der Waals surface area (Å²) < 4.78 is 5.06. The number of carbonyl (C=O) groups is 1. The van der Waals surface area contributed by atoms with Crippen molar-refractivity contribution in [3.05, 3.63) is 84.4 Å². The van der Waals surface area contributed by atoms with Gasteiger partial charge in [0.25, 0.3) is 5.97 Å². The fraction of sp³-hybridized carbons (Fsp3) is 0. The van der Waals surface area contributed by atoms with Crippen molar-refractivity contribution in [2.24, 2.45) is 0 Å². The van der Waals surface area contributed by atoms with Gasteiger partial charge in [-0.3, -0.25) is 4.79 Å². The van der Waals surface area contributed by atoms with Crippen LogP contribution >= 0.6 is 0 Å². The SMILES string of the molecule is O=C(Oc1ccc(O)cc1)[c-]1cccc1.[Fe].[cH-]1[cH-][cH-][cH-][cH-]1. The molecule has 0 atom stereocenters. The van der Waals surface area contributed by atoms with Gasteiger partial charge in [0, 0.05) is 17.1 Å². The maximum Gasteiger partial charge on any atom is 0.286 e. The van der Waals surface area contributed by atoms with Crippen LogP contribution in [0.4, 0.5) is 0 Å². The molecule has 3 nitrogen and oxygen atoms in total. The molecular weight excluding hydrogens is 308 g/mol. The normalized spacial score (nSPS) is 8.95. The minimum Gasteiger partial charge on any atom is -0.748 e. The molecule has 0 aromatic heterocycles. The van der Waals surface area contributed by atoms with Gasteiger partial charge in [0.15, 0.2) is 0 Å². The van der Waals surface area contributed by atoms with Gasteiger partial charge in [-0.1, -0.05) is 5.56 Å². The van der Waals surface area contributed by atoms with Crippen molar-refractivity contribution in [1.82, 2.24) is 0 Å². The van der Waals surface area contributed by atoms with Gasteiger partial charge in [-0.25, -0.2) is 12.1 Å². The second-order valence-corrected chi connectivity index (χ2v) is 4.02. The van der Waals surface area contributed by atoms with E-state index in [1.54, 1.807) is 24.3 Å². The summed E-state index contributed by atoms with van der Waals surface area (Å²) >= 11 is 0. The monoisotopic (exact) mass is 322 g/mol. The molecule has 0 saturated carbocycles. The van der Waals surface area contributed by atoms with Gasteiger partial charge in [-0.05, 0) is 24.3 Å². The summed E-state index contributed by atoms with van der Waals surface area (Å²) in [6, 6.07) is 22.9. The molecule has 0 fully saturated rings. The number of phenolic OH excluding ortho intramolecular Hbond substituents is 1. The van der Waals surface area contributed by atoms with E-state index in [2.05, 4.69) is 0 Å². The molecule has 0 amide bonds. The quantitative estimate of drug-likeness (QED) is 0.338. The largest absolute Gasteiger partial charge is 0.748 e. The number of hydrogen-bond donors (Lipinski definition) is 1. The minimum absolute atomic E-state index is 0. The van der Waals surface area contributed by atoms with Crippen molar-refractivity contribution in [3.63, 3.8) is 0 Å². The van der Waals surface area contributed by atoms with E-state index in [0.717, 1.165) is 0 Å². The Morgan fingerprint density at radius 2 is 1.43 bits per heavy atom. The molecule has 21 heavy (non-hydrogen) atoms. The van der Waals surface area contributed by atoms with Crippen molar-refractivity contribution < 1.29 is 31.7 Å². The minimum atomic E-state index is -0.398. The van der Waals surface area contributed by atoms with Crippen LogP contribution in [-0.2, 0) is 17.1 Å². The van der Waals surface area contributed by atoms with Gasteiger partial charge < -0.3 is 40.2 Å². The van der Waals surface area contributed by atoms with Gasteiger partial charge in [-0.15, -0.1) is 0 Å². The molecule has 1 N–H and O–H groups in total. The third kappa shape index (κ3) is 5.69. The van der Waals surface area contributed by atoms with Crippen LogP contribution in [0.15, 0.2) is 78.9 Å². The van der Waals surface area contributed by atoms with Crippen molar-refractivity contribution in [1.29, 1.82) is 0 Å². The van der Waals surface area contributed by atoms with Crippen LogP contribution < -0.4 is 4.74 Å². The summed E-state index contributed by atoms with van der Waals surface area (Å²) in [7, 11) is 0. The maximum absolute atomic E-state index is 11.5. The van der Waals surface area contributed by atoms with Crippen LogP contribution in [0.2, 0.25) is 0 Å². The Labute approximate surface area is 134 Å². The van der Waals surface area contributed by atoms with Gasteiger partial charge in [0.05, 0.1) is 0 Å². The average molecular weight is 322 g/mol. The number of rotatable bonds is 2. The smallest absolute Gasteiger partial charge is 0.286 e. The van der Waals surface area contributed by atoms with E-state index >= 15 is 0 Å². The second-order valence-electron chi connectivity index (χ2n) is 4.02. The standard InChI is InChI=1S/C12H9O3.C5H5.Fe/c13-10-5-7-11(8-6-10)15-12(14)9-3-1-2-4-9;1-2-4-5-3-1;/h1-8,13H;1-5H;/q-1;-5;. The molecule has 0 spiro atoms. The van der Waals surface area contributed by atoms with Gasteiger partial charge in [0.1, 0.15) is 11.5 Å². The van der Waals surface area contributed by atoms with Gasteiger partial charge in [-0.2, -0.15) is 12.1 Å². The topological polar surface area (TPSA) is 46.5 Å². The third-order valence-electron chi connectivity index (χ3n) is 2.50. The van der Waals surface area contributed by atoms with Crippen LogP contribution in [-0.4, -0.2) is 11.1 Å². The number of aromatic hydroxyl groups is 1. The molecule has 0 unspecified atom stereocenters. The Kier molecular flexibility index (Phi) is 7.02. The number of phenols is 1. The Morgan fingerprint density at radius 1 is 0.952 bits per heavy atom. The number of carbonyl (C=O) groups excluding carboxylic acids is 1. The first-order chi connectivity index (χ1) is 9.75. The van der Waals surface area contributed by atoms with E-state index in [1.807, 2.05) is 30.3 Å². The van der Waals surface area contributed by atoms with Crippen molar-refractivity contribution >= 4 is 5.97 Å². The molecule has 0 aliphatic rings. The fourth-order valence-electron chi connectivity index (χ4n) is 1.51. The second kappa shape index (κ2) is 8.80. The first-order valence-electron chi connectivity index (χ1n) is 6.15. The fourth-order valence-corrected chi connectivity index (χ4v) is 1.51.